The number of nitrogens with zero attached hydrogens (tertiary/aromatic N) is 3. The number of para-hydroxylation sites is 1. The van der Waals surface area contributed by atoms with Crippen molar-refractivity contribution in [2.75, 3.05) is 24.4 Å². The quantitative estimate of drug-likeness (QED) is 0.520. The third-order valence-corrected chi connectivity index (χ3v) is 2.86. The van der Waals surface area contributed by atoms with Crippen LogP contribution in [0.1, 0.15) is 5.56 Å². The Morgan fingerprint density at radius 2 is 1.90 bits per heavy atom. The molecule has 0 bridgehead atoms. The summed E-state index contributed by atoms with van der Waals surface area (Å²) in [6, 6.07) is 14.5. The Hall–Kier alpha value is -2.89. The Labute approximate surface area is 122 Å². The van der Waals surface area contributed by atoms with E-state index in [9.17, 15) is 10.1 Å². The molecule has 0 unspecified atom stereocenters. The van der Waals surface area contributed by atoms with Crippen molar-refractivity contribution in [3.05, 3.63) is 64.2 Å². The number of hydrazone groups is 1. The van der Waals surface area contributed by atoms with Crippen LogP contribution in [0.4, 0.5) is 17.1 Å². The van der Waals surface area contributed by atoms with E-state index in [4.69, 9.17) is 0 Å². The molecule has 2 aromatic rings. The maximum absolute atomic E-state index is 11.1. The molecule has 0 saturated heterocycles. The summed E-state index contributed by atoms with van der Waals surface area (Å²) in [4.78, 5) is 12.4. The lowest BCUT2D eigenvalue weighted by Gasteiger charge is -2.12. The van der Waals surface area contributed by atoms with Gasteiger partial charge in [0.05, 0.1) is 16.8 Å². The van der Waals surface area contributed by atoms with Crippen LogP contribution in [-0.4, -0.2) is 25.2 Å². The molecule has 0 saturated carbocycles. The molecule has 21 heavy (non-hydrogen) atoms. The molecule has 0 spiro atoms. The number of nitro groups is 1. The van der Waals surface area contributed by atoms with Gasteiger partial charge in [0.1, 0.15) is 5.69 Å². The van der Waals surface area contributed by atoms with E-state index in [1.807, 2.05) is 30.3 Å². The molecule has 0 fully saturated rings. The van der Waals surface area contributed by atoms with Gasteiger partial charge in [-0.3, -0.25) is 15.5 Å². The number of anilines is 2. The van der Waals surface area contributed by atoms with Crippen molar-refractivity contribution in [2.45, 2.75) is 0 Å². The minimum absolute atomic E-state index is 0.0589. The Bertz CT molecular complexity index is 654. The van der Waals surface area contributed by atoms with Crippen molar-refractivity contribution >= 4 is 23.3 Å². The van der Waals surface area contributed by atoms with Gasteiger partial charge in [-0.15, -0.1) is 0 Å². The van der Waals surface area contributed by atoms with Gasteiger partial charge in [-0.1, -0.05) is 24.3 Å². The second-order valence-corrected chi connectivity index (χ2v) is 4.64. The van der Waals surface area contributed by atoms with E-state index >= 15 is 0 Å². The predicted molar refractivity (Wildman–Crippen MR) is 85.1 cm³/mol. The fraction of sp³-hybridized carbons (Fsp3) is 0.133. The summed E-state index contributed by atoms with van der Waals surface area (Å²) in [5.41, 5.74) is 5.01. The van der Waals surface area contributed by atoms with Gasteiger partial charge in [-0.2, -0.15) is 5.10 Å². The van der Waals surface area contributed by atoms with E-state index in [0.29, 0.717) is 11.3 Å². The number of nitro benzene ring substituents is 1. The first-order chi connectivity index (χ1) is 10.1. The molecule has 0 aliphatic carbocycles. The molecule has 2 aromatic carbocycles. The van der Waals surface area contributed by atoms with Crippen LogP contribution in [0, 0.1) is 10.1 Å². The zero-order valence-electron chi connectivity index (χ0n) is 11.9. The SMILES string of the molecule is CN(C)c1ccc(C=NNc2ccccc2)cc1[N+](=O)[O-]. The van der Waals surface area contributed by atoms with E-state index < -0.39 is 4.92 Å². The van der Waals surface area contributed by atoms with Gasteiger partial charge in [-0.25, -0.2) is 0 Å². The van der Waals surface area contributed by atoms with Crippen molar-refractivity contribution in [2.24, 2.45) is 5.10 Å². The molecule has 0 heterocycles. The number of rotatable bonds is 5. The third-order valence-electron chi connectivity index (χ3n) is 2.86. The second kappa shape index (κ2) is 6.51. The topological polar surface area (TPSA) is 70.8 Å². The highest BCUT2D eigenvalue weighted by Gasteiger charge is 2.15. The highest BCUT2D eigenvalue weighted by Crippen LogP contribution is 2.27. The maximum Gasteiger partial charge on any atom is 0.293 e. The molecule has 6 heteroatoms. The van der Waals surface area contributed by atoms with Gasteiger partial charge >= 0.3 is 0 Å². The number of benzene rings is 2. The van der Waals surface area contributed by atoms with E-state index in [1.54, 1.807) is 37.3 Å². The Morgan fingerprint density at radius 3 is 2.52 bits per heavy atom. The minimum atomic E-state index is -0.392. The maximum atomic E-state index is 11.1. The van der Waals surface area contributed by atoms with E-state index in [0.717, 1.165) is 5.69 Å². The molecule has 0 atom stereocenters. The molecule has 6 nitrogen and oxygen atoms in total. The monoisotopic (exact) mass is 284 g/mol. The van der Waals surface area contributed by atoms with E-state index in [2.05, 4.69) is 10.5 Å². The molecular formula is C15H16N4O2. The smallest absolute Gasteiger partial charge is 0.293 e. The van der Waals surface area contributed by atoms with Crippen LogP contribution in [0.2, 0.25) is 0 Å². The molecule has 0 aliphatic heterocycles. The average molecular weight is 284 g/mol. The van der Waals surface area contributed by atoms with Crippen LogP contribution >= 0.6 is 0 Å². The fourth-order valence-corrected chi connectivity index (χ4v) is 1.84. The summed E-state index contributed by atoms with van der Waals surface area (Å²) in [5.74, 6) is 0. The summed E-state index contributed by atoms with van der Waals surface area (Å²) < 4.78 is 0. The van der Waals surface area contributed by atoms with Crippen LogP contribution < -0.4 is 10.3 Å². The molecule has 0 radical (unpaired) electrons. The normalized spacial score (nSPS) is 10.6. The highest BCUT2D eigenvalue weighted by molar-refractivity contribution is 5.83. The first-order valence-electron chi connectivity index (χ1n) is 6.38. The minimum Gasteiger partial charge on any atom is -0.372 e. The van der Waals surface area contributed by atoms with Gasteiger partial charge in [-0.05, 0) is 18.2 Å². The molecule has 0 aliphatic rings. The largest absolute Gasteiger partial charge is 0.372 e. The first kappa shape index (κ1) is 14.5. The Kier molecular flexibility index (Phi) is 4.50. The third kappa shape index (κ3) is 3.79. The van der Waals surface area contributed by atoms with Crippen molar-refractivity contribution in [1.29, 1.82) is 0 Å². The van der Waals surface area contributed by atoms with Crippen molar-refractivity contribution in [3.63, 3.8) is 0 Å². The van der Waals surface area contributed by atoms with Gasteiger partial charge in [0.15, 0.2) is 0 Å². The van der Waals surface area contributed by atoms with Gasteiger partial charge in [0.2, 0.25) is 0 Å². The number of hydrogen-bond donors (Lipinski definition) is 1. The van der Waals surface area contributed by atoms with Crippen molar-refractivity contribution in [3.8, 4) is 0 Å². The summed E-state index contributed by atoms with van der Waals surface area (Å²) >= 11 is 0. The molecule has 2 rings (SSSR count). The number of nitrogens with one attached hydrogen (secondary N) is 1. The fourth-order valence-electron chi connectivity index (χ4n) is 1.84. The molecule has 108 valence electrons. The average Bonchev–Trinajstić information content (AvgIpc) is 2.48. The lowest BCUT2D eigenvalue weighted by molar-refractivity contribution is -0.384. The standard InChI is InChI=1S/C15H16N4O2/c1-18(2)14-9-8-12(10-15(14)19(20)21)11-16-17-13-6-4-3-5-7-13/h3-11,17H,1-2H3. The summed E-state index contributed by atoms with van der Waals surface area (Å²) in [5, 5.41) is 15.2. The lowest BCUT2D eigenvalue weighted by Crippen LogP contribution is -2.11. The highest BCUT2D eigenvalue weighted by atomic mass is 16.6. The molecule has 0 aromatic heterocycles. The zero-order valence-corrected chi connectivity index (χ0v) is 11.9. The van der Waals surface area contributed by atoms with Crippen molar-refractivity contribution < 1.29 is 4.92 Å². The molecular weight excluding hydrogens is 268 g/mol. The Morgan fingerprint density at radius 1 is 1.19 bits per heavy atom. The predicted octanol–water partition coefficient (Wildman–Crippen LogP) is 3.11. The molecule has 1 N–H and O–H groups in total. The van der Waals surface area contributed by atoms with Crippen LogP contribution in [0.15, 0.2) is 53.6 Å². The van der Waals surface area contributed by atoms with Gasteiger partial charge < -0.3 is 4.90 Å². The zero-order chi connectivity index (χ0) is 15.2. The van der Waals surface area contributed by atoms with Gasteiger partial charge in [0, 0.05) is 25.7 Å². The Balaban J connectivity index is 2.17. The summed E-state index contributed by atoms with van der Waals surface area (Å²) in [6.45, 7) is 0. The lowest BCUT2D eigenvalue weighted by atomic mass is 10.2. The van der Waals surface area contributed by atoms with E-state index in [1.165, 1.54) is 6.07 Å². The van der Waals surface area contributed by atoms with Crippen LogP contribution in [0.3, 0.4) is 0 Å². The van der Waals surface area contributed by atoms with Crippen LogP contribution in [-0.2, 0) is 0 Å². The second-order valence-electron chi connectivity index (χ2n) is 4.64. The van der Waals surface area contributed by atoms with Crippen molar-refractivity contribution in [1.82, 2.24) is 0 Å². The number of hydrogen-bond acceptors (Lipinski definition) is 5. The summed E-state index contributed by atoms with van der Waals surface area (Å²) in [7, 11) is 3.54. The van der Waals surface area contributed by atoms with Crippen LogP contribution in [0.5, 0.6) is 0 Å². The van der Waals surface area contributed by atoms with E-state index in [-0.39, 0.29) is 5.69 Å². The summed E-state index contributed by atoms with van der Waals surface area (Å²) in [6.07, 6.45) is 1.56. The molecule has 0 amide bonds. The first-order valence-corrected chi connectivity index (χ1v) is 6.38. The van der Waals surface area contributed by atoms with Gasteiger partial charge in [0.25, 0.3) is 5.69 Å². The van der Waals surface area contributed by atoms with Crippen LogP contribution in [0.25, 0.3) is 0 Å².